The van der Waals surface area contributed by atoms with Gasteiger partial charge in [-0.05, 0) is 11.8 Å². The Kier molecular flexibility index (Phi) is 8.46. The van der Waals surface area contributed by atoms with E-state index in [1.807, 2.05) is 0 Å². The molecule has 0 radical (unpaired) electrons. The molecule has 0 fully saturated rings. The fraction of sp³-hybridized carbons (Fsp3) is 0. The second-order valence-electron chi connectivity index (χ2n) is 0.529. The molecule has 0 aromatic heterocycles. The van der Waals surface area contributed by atoms with E-state index in [1.165, 1.54) is 0 Å². The first-order chi connectivity index (χ1) is 3.41. The molecular weight excluding hydrogens is 191 g/mol. The summed E-state index contributed by atoms with van der Waals surface area (Å²) in [7, 11) is -4.67. The zero-order valence-corrected chi connectivity index (χ0v) is 6.84. The average molecular weight is 194 g/mol. The van der Waals surface area contributed by atoms with Crippen LogP contribution in [-0.4, -0.2) is 17.5 Å². The second kappa shape index (κ2) is 5.87. The smallest absolute Gasteiger partial charge is 0.264 e. The molecule has 0 aromatic rings. The molecule has 0 atom stereocenters. The maximum atomic E-state index is 8.74. The van der Waals surface area contributed by atoms with Crippen LogP contribution in [0.2, 0.25) is 0 Å². The summed E-state index contributed by atoms with van der Waals surface area (Å²) in [5, 5.41) is 0. The maximum absolute atomic E-state index is 8.74. The Hall–Kier alpha value is 0.740. The minimum atomic E-state index is -4.67. The van der Waals surface area contributed by atoms with Crippen LogP contribution in [0.15, 0.2) is 0 Å². The summed E-state index contributed by atoms with van der Waals surface area (Å²) < 4.78 is 31.6. The summed E-state index contributed by atoms with van der Waals surface area (Å²) in [4.78, 5) is 0. The number of rotatable bonds is 0. The van der Waals surface area contributed by atoms with Crippen molar-refractivity contribution in [3.63, 3.8) is 0 Å². The Bertz CT molecular complexity index is 125. The van der Waals surface area contributed by atoms with Gasteiger partial charge in [0.2, 0.25) is 0 Å². The molecule has 0 aromatic carbocycles. The number of hydrogen-bond acceptors (Lipinski definition) is 3. The van der Waals surface area contributed by atoms with Crippen molar-refractivity contribution in [2.45, 2.75) is 0 Å². The molecule has 0 aliphatic rings. The molecule has 4 nitrogen and oxygen atoms in total. The highest BCUT2D eigenvalue weighted by Gasteiger charge is 1.84. The van der Waals surface area contributed by atoms with Gasteiger partial charge in [-0.15, -0.1) is 12.2 Å². The van der Waals surface area contributed by atoms with Crippen LogP contribution in [0.3, 0.4) is 0 Å². The van der Waals surface area contributed by atoms with E-state index >= 15 is 0 Å². The molecular formula is H3O4PS3. The van der Waals surface area contributed by atoms with Crippen molar-refractivity contribution in [3.05, 3.63) is 0 Å². The van der Waals surface area contributed by atoms with Gasteiger partial charge in [0.1, 0.15) is 0 Å². The van der Waals surface area contributed by atoms with Gasteiger partial charge in [0.15, 0.2) is 0 Å². The van der Waals surface area contributed by atoms with Crippen LogP contribution in [0.4, 0.5) is 0 Å². The summed E-state index contributed by atoms with van der Waals surface area (Å²) in [6.07, 6.45) is 0. The fourth-order valence-corrected chi connectivity index (χ4v) is 0. The molecule has 0 aliphatic carbocycles. The average Bonchev–Trinajstić information content (AvgIpc) is 1.27. The van der Waals surface area contributed by atoms with Gasteiger partial charge in [0.05, 0.1) is 0 Å². The van der Waals surface area contributed by atoms with Crippen LogP contribution in [0.25, 0.3) is 0 Å². The molecule has 8 heteroatoms. The largest absolute Gasteiger partial charge is 0.394 e. The number of thiol groups is 1. The molecule has 0 saturated carbocycles. The van der Waals surface area contributed by atoms with E-state index in [2.05, 4.69) is 24.1 Å². The molecule has 0 saturated heterocycles. The van der Waals surface area contributed by atoms with Crippen LogP contribution in [-0.2, 0) is 22.2 Å². The van der Waals surface area contributed by atoms with Crippen molar-refractivity contribution in [2.75, 3.05) is 0 Å². The molecule has 50 valence electrons. The minimum Gasteiger partial charge on any atom is -0.264 e. The van der Waals surface area contributed by atoms with Gasteiger partial charge in [-0.2, -0.15) is 8.42 Å². The Balaban J connectivity index is 0. The van der Waals surface area contributed by atoms with Gasteiger partial charge in [0.25, 0.3) is 0 Å². The second-order valence-corrected chi connectivity index (χ2v) is 3.55. The van der Waals surface area contributed by atoms with Gasteiger partial charge in [-0.3, -0.25) is 9.11 Å². The molecule has 0 heterocycles. The van der Waals surface area contributed by atoms with Crippen molar-refractivity contribution in [3.8, 4) is 0 Å². The van der Waals surface area contributed by atoms with Crippen LogP contribution < -0.4 is 0 Å². The molecule has 8 heavy (non-hydrogen) atoms. The first-order valence-corrected chi connectivity index (χ1v) is 5.54. The Morgan fingerprint density at radius 1 is 1.50 bits per heavy atom. The monoisotopic (exact) mass is 194 g/mol. The zero-order chi connectivity index (χ0) is 7.21. The van der Waals surface area contributed by atoms with Gasteiger partial charge in [-0.25, -0.2) is 0 Å². The molecule has 0 spiro atoms. The fourth-order valence-electron chi connectivity index (χ4n) is 0. The molecule has 0 amide bonds. The summed E-state index contributed by atoms with van der Waals surface area (Å²) in [5.74, 6) is 0. The summed E-state index contributed by atoms with van der Waals surface area (Å²) in [5.41, 5.74) is 0. The van der Waals surface area contributed by atoms with Gasteiger partial charge in [-0.1, -0.05) is 0 Å². The van der Waals surface area contributed by atoms with E-state index in [4.69, 9.17) is 17.5 Å². The Morgan fingerprint density at radius 2 is 1.50 bits per heavy atom. The Morgan fingerprint density at radius 3 is 1.50 bits per heavy atom. The van der Waals surface area contributed by atoms with Crippen LogP contribution in [0.1, 0.15) is 0 Å². The Labute approximate surface area is 58.9 Å². The lowest BCUT2D eigenvalue weighted by Crippen LogP contribution is -1.89. The normalized spacial score (nSPS) is 9.88. The quantitative estimate of drug-likeness (QED) is 0.299. The SMILES string of the molecule is O=S(=O)(O)O.S=PS. The zero-order valence-electron chi connectivity index (χ0n) is 3.42. The van der Waals surface area contributed by atoms with Crippen molar-refractivity contribution in [1.29, 1.82) is 0 Å². The predicted molar refractivity (Wildman–Crippen MR) is 37.4 cm³/mol. The lowest BCUT2D eigenvalue weighted by molar-refractivity contribution is 0.381. The predicted octanol–water partition coefficient (Wildman–Crippen LogP) is 0.587. The summed E-state index contributed by atoms with van der Waals surface area (Å²) in [6, 6.07) is 0. The third-order valence-corrected chi connectivity index (χ3v) is 0. The van der Waals surface area contributed by atoms with Crippen LogP contribution >= 0.6 is 18.8 Å². The third-order valence-electron chi connectivity index (χ3n) is 0. The van der Waals surface area contributed by atoms with E-state index in [0.717, 1.165) is 0 Å². The van der Waals surface area contributed by atoms with Gasteiger partial charge >= 0.3 is 10.4 Å². The first-order valence-electron chi connectivity index (χ1n) is 1.08. The molecule has 0 bridgehead atoms. The topological polar surface area (TPSA) is 74.6 Å². The molecule has 2 N–H and O–H groups in total. The third kappa shape index (κ3) is 406. The van der Waals surface area contributed by atoms with Crippen molar-refractivity contribution in [1.82, 2.24) is 0 Å². The van der Waals surface area contributed by atoms with E-state index < -0.39 is 10.4 Å². The first kappa shape index (κ1) is 11.5. The minimum absolute atomic E-state index is 0.694. The lowest BCUT2D eigenvalue weighted by Gasteiger charge is -1.68. The van der Waals surface area contributed by atoms with Gasteiger partial charge < -0.3 is 0 Å². The summed E-state index contributed by atoms with van der Waals surface area (Å²) >= 11 is 7.81. The van der Waals surface area contributed by atoms with E-state index in [0.29, 0.717) is 6.56 Å². The highest BCUT2D eigenvalue weighted by Crippen LogP contribution is 1.91. The molecule has 0 aliphatic heterocycles. The molecule has 0 unspecified atom stereocenters. The summed E-state index contributed by atoms with van der Waals surface area (Å²) in [6.45, 7) is 0.694. The van der Waals surface area contributed by atoms with E-state index in [1.54, 1.807) is 0 Å². The lowest BCUT2D eigenvalue weighted by atomic mass is 15.8. The van der Waals surface area contributed by atoms with Crippen LogP contribution in [0, 0.1) is 0 Å². The highest BCUT2D eigenvalue weighted by molar-refractivity contribution is 8.49. The van der Waals surface area contributed by atoms with Crippen LogP contribution in [0.5, 0.6) is 0 Å². The maximum Gasteiger partial charge on any atom is 0.394 e. The van der Waals surface area contributed by atoms with E-state index in [-0.39, 0.29) is 0 Å². The standard InChI is InChI=1S/H2O4S.HPS2/c1-5(2,3)4;2-1-3/h(H2,1,2,3,4);(H,2,3). The van der Waals surface area contributed by atoms with Crippen molar-refractivity contribution in [2.24, 2.45) is 0 Å². The molecule has 0 rings (SSSR count). The van der Waals surface area contributed by atoms with Crippen molar-refractivity contribution >= 4 is 41.0 Å². The van der Waals surface area contributed by atoms with Crippen molar-refractivity contribution < 1.29 is 17.5 Å². The number of hydrogen-bond donors (Lipinski definition) is 3. The van der Waals surface area contributed by atoms with Gasteiger partial charge in [0, 0.05) is 6.56 Å². The highest BCUT2D eigenvalue weighted by atomic mass is 32.9. The van der Waals surface area contributed by atoms with E-state index in [9.17, 15) is 0 Å².